The molecule has 1 heterocycles. The van der Waals surface area contributed by atoms with Gasteiger partial charge in [-0.15, -0.1) is 0 Å². The average Bonchev–Trinajstić information content (AvgIpc) is 2.39. The fourth-order valence-electron chi connectivity index (χ4n) is 1.35. The molecular formula is C12H6BrF3N2O. The predicted molar refractivity (Wildman–Crippen MR) is 66.2 cm³/mol. The second-order valence-electron chi connectivity index (χ2n) is 3.55. The van der Waals surface area contributed by atoms with Gasteiger partial charge in [-0.1, -0.05) is 0 Å². The fourth-order valence-corrected chi connectivity index (χ4v) is 1.58. The highest BCUT2D eigenvalue weighted by molar-refractivity contribution is 9.10. The summed E-state index contributed by atoms with van der Waals surface area (Å²) in [4.78, 5) is 15.6. The minimum absolute atomic E-state index is 0.303. The Morgan fingerprint density at radius 2 is 1.84 bits per heavy atom. The second kappa shape index (κ2) is 5.40. The summed E-state index contributed by atoms with van der Waals surface area (Å²) in [7, 11) is 0. The maximum absolute atomic E-state index is 13.4. The van der Waals surface area contributed by atoms with Gasteiger partial charge in [-0.2, -0.15) is 0 Å². The lowest BCUT2D eigenvalue weighted by Crippen LogP contribution is -2.15. The molecule has 98 valence electrons. The highest BCUT2D eigenvalue weighted by Gasteiger charge is 2.18. The molecule has 1 aromatic heterocycles. The third-order valence-corrected chi connectivity index (χ3v) is 2.73. The number of amides is 1. The van der Waals surface area contributed by atoms with E-state index < -0.39 is 28.9 Å². The number of carbonyl (C=O) groups excluding carboxylic acids is 1. The topological polar surface area (TPSA) is 42.0 Å². The second-order valence-corrected chi connectivity index (χ2v) is 4.36. The molecule has 19 heavy (non-hydrogen) atoms. The number of benzene rings is 1. The molecular weight excluding hydrogens is 325 g/mol. The number of pyridine rings is 1. The monoisotopic (exact) mass is 330 g/mol. The molecule has 0 spiro atoms. The van der Waals surface area contributed by atoms with E-state index in [4.69, 9.17) is 0 Å². The molecule has 0 aliphatic heterocycles. The number of hydrogen-bond donors (Lipinski definition) is 1. The highest BCUT2D eigenvalue weighted by atomic mass is 79.9. The Labute approximate surface area is 114 Å². The Balaban J connectivity index is 2.25. The molecule has 1 N–H and O–H groups in total. The molecule has 0 aliphatic rings. The van der Waals surface area contributed by atoms with Gasteiger partial charge in [-0.05, 0) is 40.2 Å². The van der Waals surface area contributed by atoms with E-state index in [-0.39, 0.29) is 0 Å². The molecule has 0 atom stereocenters. The van der Waals surface area contributed by atoms with Crippen molar-refractivity contribution in [2.75, 3.05) is 5.32 Å². The Morgan fingerprint density at radius 3 is 2.47 bits per heavy atom. The van der Waals surface area contributed by atoms with Crippen LogP contribution in [-0.4, -0.2) is 10.9 Å². The van der Waals surface area contributed by atoms with Crippen LogP contribution in [0.1, 0.15) is 10.4 Å². The number of nitrogens with zero attached hydrogens (tertiary/aromatic N) is 1. The van der Waals surface area contributed by atoms with E-state index >= 15 is 0 Å². The molecule has 1 amide bonds. The average molecular weight is 331 g/mol. The van der Waals surface area contributed by atoms with Crippen molar-refractivity contribution >= 4 is 27.5 Å². The lowest BCUT2D eigenvalue weighted by Gasteiger charge is -2.06. The van der Waals surface area contributed by atoms with Crippen LogP contribution in [0.25, 0.3) is 0 Å². The summed E-state index contributed by atoms with van der Waals surface area (Å²) in [5.41, 5.74) is -0.279. The summed E-state index contributed by atoms with van der Waals surface area (Å²) in [6, 6.07) is 4.65. The summed E-state index contributed by atoms with van der Waals surface area (Å²) < 4.78 is 39.7. The van der Waals surface area contributed by atoms with Crippen LogP contribution in [0.5, 0.6) is 0 Å². The van der Waals surface area contributed by atoms with Gasteiger partial charge in [-0.25, -0.2) is 18.2 Å². The Kier molecular flexibility index (Phi) is 3.84. The smallest absolute Gasteiger partial charge is 0.258 e. The van der Waals surface area contributed by atoms with E-state index in [1.165, 1.54) is 12.3 Å². The van der Waals surface area contributed by atoms with Gasteiger partial charge in [0.1, 0.15) is 4.60 Å². The molecule has 3 nitrogen and oxygen atoms in total. The van der Waals surface area contributed by atoms with Gasteiger partial charge in [0.25, 0.3) is 5.91 Å². The number of hydrogen-bond acceptors (Lipinski definition) is 2. The summed E-state index contributed by atoms with van der Waals surface area (Å²) in [6.45, 7) is 0. The van der Waals surface area contributed by atoms with Crippen molar-refractivity contribution in [3.63, 3.8) is 0 Å². The number of nitrogens with one attached hydrogen (secondary N) is 1. The fraction of sp³-hybridized carbons (Fsp3) is 0. The number of aromatic nitrogens is 1. The van der Waals surface area contributed by atoms with Crippen LogP contribution >= 0.6 is 15.9 Å². The first kappa shape index (κ1) is 13.5. The standard InChI is InChI=1S/C12H6BrF3N2O/c13-9-4-1-6(5-17-9)18-12(19)7-2-3-8(14)11(16)10(7)15/h1-5H,(H,18,19). The Hall–Kier alpha value is -1.89. The van der Waals surface area contributed by atoms with E-state index in [0.717, 1.165) is 6.07 Å². The van der Waals surface area contributed by atoms with Gasteiger partial charge < -0.3 is 5.32 Å². The van der Waals surface area contributed by atoms with Crippen LogP contribution in [0.4, 0.5) is 18.9 Å². The molecule has 0 aliphatic carbocycles. The SMILES string of the molecule is O=C(Nc1ccc(Br)nc1)c1ccc(F)c(F)c1F. The summed E-state index contributed by atoms with van der Waals surface area (Å²) >= 11 is 3.11. The van der Waals surface area contributed by atoms with Crippen LogP contribution in [0.15, 0.2) is 35.1 Å². The zero-order chi connectivity index (χ0) is 14.0. The van der Waals surface area contributed by atoms with Crippen LogP contribution in [0, 0.1) is 17.5 Å². The van der Waals surface area contributed by atoms with Gasteiger partial charge in [0.2, 0.25) is 0 Å². The zero-order valence-corrected chi connectivity index (χ0v) is 10.8. The molecule has 0 bridgehead atoms. The molecule has 2 rings (SSSR count). The molecule has 0 unspecified atom stereocenters. The first-order valence-electron chi connectivity index (χ1n) is 5.05. The third-order valence-electron chi connectivity index (χ3n) is 2.27. The van der Waals surface area contributed by atoms with Gasteiger partial charge in [0, 0.05) is 0 Å². The van der Waals surface area contributed by atoms with Crippen molar-refractivity contribution in [1.29, 1.82) is 0 Å². The predicted octanol–water partition coefficient (Wildman–Crippen LogP) is 3.51. The zero-order valence-electron chi connectivity index (χ0n) is 9.25. The highest BCUT2D eigenvalue weighted by Crippen LogP contribution is 2.17. The van der Waals surface area contributed by atoms with Crippen molar-refractivity contribution in [3.8, 4) is 0 Å². The van der Waals surface area contributed by atoms with Crippen LogP contribution in [-0.2, 0) is 0 Å². The first-order valence-corrected chi connectivity index (χ1v) is 5.84. The molecule has 2 aromatic rings. The molecule has 0 fully saturated rings. The largest absolute Gasteiger partial charge is 0.320 e. The lowest BCUT2D eigenvalue weighted by molar-refractivity contribution is 0.102. The third kappa shape index (κ3) is 2.93. The van der Waals surface area contributed by atoms with Crippen molar-refractivity contribution in [2.24, 2.45) is 0 Å². The summed E-state index contributed by atoms with van der Waals surface area (Å²) in [5.74, 6) is -5.44. The number of anilines is 1. The maximum atomic E-state index is 13.4. The summed E-state index contributed by atoms with van der Waals surface area (Å²) in [5, 5.41) is 2.32. The van der Waals surface area contributed by atoms with Crippen molar-refractivity contribution < 1.29 is 18.0 Å². The van der Waals surface area contributed by atoms with Gasteiger partial charge >= 0.3 is 0 Å². The summed E-state index contributed by atoms with van der Waals surface area (Å²) in [6.07, 6.45) is 1.33. The van der Waals surface area contributed by atoms with Crippen LogP contribution in [0.3, 0.4) is 0 Å². The van der Waals surface area contributed by atoms with Crippen LogP contribution < -0.4 is 5.32 Å². The Bertz CT molecular complexity index is 632. The van der Waals surface area contributed by atoms with Crippen LogP contribution in [0.2, 0.25) is 0 Å². The molecule has 0 radical (unpaired) electrons. The quantitative estimate of drug-likeness (QED) is 0.676. The van der Waals surface area contributed by atoms with E-state index in [1.54, 1.807) is 6.07 Å². The van der Waals surface area contributed by atoms with Gasteiger partial charge in [0.15, 0.2) is 17.5 Å². The van der Waals surface area contributed by atoms with Gasteiger partial charge in [-0.3, -0.25) is 4.79 Å². The minimum atomic E-state index is -1.68. The molecule has 7 heteroatoms. The van der Waals surface area contributed by atoms with Crippen molar-refractivity contribution in [1.82, 2.24) is 4.98 Å². The lowest BCUT2D eigenvalue weighted by atomic mass is 10.2. The molecule has 0 saturated heterocycles. The number of halogens is 4. The Morgan fingerprint density at radius 1 is 1.11 bits per heavy atom. The van der Waals surface area contributed by atoms with E-state index in [1.807, 2.05) is 0 Å². The van der Waals surface area contributed by atoms with Crippen molar-refractivity contribution in [2.45, 2.75) is 0 Å². The number of rotatable bonds is 2. The maximum Gasteiger partial charge on any atom is 0.258 e. The van der Waals surface area contributed by atoms with E-state index in [2.05, 4.69) is 26.2 Å². The number of carbonyl (C=O) groups is 1. The first-order chi connectivity index (χ1) is 8.99. The van der Waals surface area contributed by atoms with Crippen molar-refractivity contribution in [3.05, 3.63) is 58.1 Å². The molecule has 0 saturated carbocycles. The van der Waals surface area contributed by atoms with E-state index in [0.29, 0.717) is 16.4 Å². The minimum Gasteiger partial charge on any atom is -0.320 e. The molecule has 1 aromatic carbocycles. The normalized spacial score (nSPS) is 10.3. The van der Waals surface area contributed by atoms with Gasteiger partial charge in [0.05, 0.1) is 17.4 Å². The van der Waals surface area contributed by atoms with E-state index in [9.17, 15) is 18.0 Å².